The van der Waals surface area contributed by atoms with Crippen LogP contribution in [0, 0.1) is 19.1 Å². The zero-order valence-electron chi connectivity index (χ0n) is 13.7. The Morgan fingerprint density at radius 2 is 1.80 bits per heavy atom. The molecule has 0 saturated heterocycles. The van der Waals surface area contributed by atoms with Crippen LogP contribution in [0.2, 0.25) is 0 Å². The standard InChI is InChI=1S/C17H16N4O3S/c1-12-7-9-14(10-8-12)25(23,24)20-18-11-16-13(2)21(22)17-6-4-3-5-15(17)19-16/h3-11,20H,1-2H3. The van der Waals surface area contributed by atoms with Gasteiger partial charge in [-0.1, -0.05) is 29.8 Å². The Morgan fingerprint density at radius 1 is 1.12 bits per heavy atom. The molecule has 7 nitrogen and oxygen atoms in total. The fourth-order valence-electron chi connectivity index (χ4n) is 2.28. The van der Waals surface area contributed by atoms with Gasteiger partial charge in [0.1, 0.15) is 5.52 Å². The molecule has 1 heterocycles. The number of benzene rings is 2. The SMILES string of the molecule is Cc1ccc(S(=O)(=O)NN=Cc2nc3ccccc3[n+]([O-])c2C)cc1. The van der Waals surface area contributed by atoms with E-state index in [-0.39, 0.29) is 4.90 Å². The lowest BCUT2D eigenvalue weighted by atomic mass is 10.2. The van der Waals surface area contributed by atoms with Crippen molar-refractivity contribution in [3.63, 3.8) is 0 Å². The first-order valence-electron chi connectivity index (χ1n) is 7.49. The largest absolute Gasteiger partial charge is 0.618 e. The predicted molar refractivity (Wildman–Crippen MR) is 94.5 cm³/mol. The van der Waals surface area contributed by atoms with E-state index in [1.165, 1.54) is 18.3 Å². The van der Waals surface area contributed by atoms with Crippen LogP contribution in [0.5, 0.6) is 0 Å². The molecule has 0 fully saturated rings. The van der Waals surface area contributed by atoms with E-state index in [4.69, 9.17) is 0 Å². The normalized spacial score (nSPS) is 11.9. The highest BCUT2D eigenvalue weighted by atomic mass is 32.2. The monoisotopic (exact) mass is 356 g/mol. The van der Waals surface area contributed by atoms with E-state index in [0.29, 0.717) is 22.4 Å². The van der Waals surface area contributed by atoms with Crippen LogP contribution in [0.3, 0.4) is 0 Å². The van der Waals surface area contributed by atoms with Gasteiger partial charge < -0.3 is 5.21 Å². The molecule has 2 aromatic carbocycles. The van der Waals surface area contributed by atoms with Crippen molar-refractivity contribution in [1.82, 2.24) is 9.82 Å². The Morgan fingerprint density at radius 3 is 2.52 bits per heavy atom. The topological polar surface area (TPSA) is 98.4 Å². The van der Waals surface area contributed by atoms with Crippen molar-refractivity contribution in [3.8, 4) is 0 Å². The fraction of sp³-hybridized carbons (Fsp3) is 0.118. The summed E-state index contributed by atoms with van der Waals surface area (Å²) in [6.45, 7) is 3.47. The number of hydrogen-bond acceptors (Lipinski definition) is 5. The zero-order chi connectivity index (χ0) is 18.0. The van der Waals surface area contributed by atoms with E-state index in [2.05, 4.69) is 14.9 Å². The molecule has 0 radical (unpaired) electrons. The lowest BCUT2D eigenvalue weighted by Gasteiger charge is -2.07. The Kier molecular flexibility index (Phi) is 4.37. The Bertz CT molecular complexity index is 1060. The molecule has 0 amide bonds. The number of para-hydroxylation sites is 2. The lowest BCUT2D eigenvalue weighted by Crippen LogP contribution is -2.33. The van der Waals surface area contributed by atoms with Gasteiger partial charge in [-0.2, -0.15) is 23.1 Å². The number of rotatable bonds is 4. The smallest absolute Gasteiger partial charge is 0.276 e. The van der Waals surface area contributed by atoms with Crippen molar-refractivity contribution in [2.45, 2.75) is 18.7 Å². The van der Waals surface area contributed by atoms with E-state index >= 15 is 0 Å². The van der Waals surface area contributed by atoms with Crippen molar-refractivity contribution in [2.75, 3.05) is 0 Å². The van der Waals surface area contributed by atoms with Gasteiger partial charge >= 0.3 is 0 Å². The molecule has 0 aliphatic rings. The van der Waals surface area contributed by atoms with Gasteiger partial charge in [0, 0.05) is 13.0 Å². The summed E-state index contributed by atoms with van der Waals surface area (Å²) in [5.74, 6) is 0. The van der Waals surface area contributed by atoms with Crippen LogP contribution in [0.4, 0.5) is 0 Å². The summed E-state index contributed by atoms with van der Waals surface area (Å²) in [7, 11) is -3.77. The quantitative estimate of drug-likeness (QED) is 0.333. The van der Waals surface area contributed by atoms with Gasteiger partial charge in [0.2, 0.25) is 11.2 Å². The van der Waals surface area contributed by atoms with Gasteiger partial charge in [0.15, 0.2) is 5.69 Å². The van der Waals surface area contributed by atoms with Crippen molar-refractivity contribution in [1.29, 1.82) is 0 Å². The molecule has 25 heavy (non-hydrogen) atoms. The molecule has 0 aliphatic heterocycles. The van der Waals surface area contributed by atoms with Gasteiger partial charge in [0.05, 0.1) is 11.1 Å². The van der Waals surface area contributed by atoms with Crippen LogP contribution < -0.4 is 9.56 Å². The first kappa shape index (κ1) is 16.8. The third-order valence-electron chi connectivity index (χ3n) is 3.71. The van der Waals surface area contributed by atoms with E-state index in [0.717, 1.165) is 10.3 Å². The highest BCUT2D eigenvalue weighted by Gasteiger charge is 2.15. The minimum atomic E-state index is -3.77. The molecule has 8 heteroatoms. The molecule has 128 valence electrons. The zero-order valence-corrected chi connectivity index (χ0v) is 14.5. The maximum atomic E-state index is 12.2. The van der Waals surface area contributed by atoms with Gasteiger partial charge in [0.25, 0.3) is 10.0 Å². The number of hydrogen-bond donors (Lipinski definition) is 1. The second-order valence-electron chi connectivity index (χ2n) is 5.53. The lowest BCUT2D eigenvalue weighted by molar-refractivity contribution is -0.584. The summed E-state index contributed by atoms with van der Waals surface area (Å²) in [5.41, 5.74) is 2.53. The molecular formula is C17H16N4O3S. The number of nitrogens with one attached hydrogen (secondary N) is 1. The van der Waals surface area contributed by atoms with Crippen molar-refractivity contribution >= 4 is 27.3 Å². The van der Waals surface area contributed by atoms with Gasteiger partial charge in [-0.3, -0.25) is 0 Å². The molecular weight excluding hydrogens is 340 g/mol. The first-order chi connectivity index (χ1) is 11.9. The third kappa shape index (κ3) is 3.43. The Hall–Kier alpha value is -3.00. The molecule has 0 bridgehead atoms. The van der Waals surface area contributed by atoms with Crippen LogP contribution in [-0.2, 0) is 10.0 Å². The second-order valence-corrected chi connectivity index (χ2v) is 7.19. The number of fused-ring (bicyclic) bond motifs is 1. The highest BCUT2D eigenvalue weighted by Crippen LogP contribution is 2.11. The van der Waals surface area contributed by atoms with Gasteiger partial charge in [-0.05, 0) is 25.1 Å². The molecule has 1 N–H and O–H groups in total. The summed E-state index contributed by atoms with van der Waals surface area (Å²) in [6.07, 6.45) is 1.22. The number of nitrogens with zero attached hydrogens (tertiary/aromatic N) is 3. The number of hydrazone groups is 1. The predicted octanol–water partition coefficient (Wildman–Crippen LogP) is 1.80. The van der Waals surface area contributed by atoms with Crippen LogP contribution in [-0.4, -0.2) is 19.6 Å². The van der Waals surface area contributed by atoms with E-state index < -0.39 is 10.0 Å². The minimum Gasteiger partial charge on any atom is -0.618 e. The Labute approximate surface area is 145 Å². The van der Waals surface area contributed by atoms with E-state index in [1.807, 2.05) is 6.92 Å². The molecule has 0 aliphatic carbocycles. The van der Waals surface area contributed by atoms with Crippen LogP contribution in [0.15, 0.2) is 58.5 Å². The highest BCUT2D eigenvalue weighted by molar-refractivity contribution is 7.89. The first-order valence-corrected chi connectivity index (χ1v) is 8.97. The fourth-order valence-corrected chi connectivity index (χ4v) is 3.07. The van der Waals surface area contributed by atoms with Crippen LogP contribution >= 0.6 is 0 Å². The van der Waals surface area contributed by atoms with E-state index in [9.17, 15) is 13.6 Å². The van der Waals surface area contributed by atoms with E-state index in [1.54, 1.807) is 43.3 Å². The summed E-state index contributed by atoms with van der Waals surface area (Å²) in [5, 5.41) is 16.0. The average molecular weight is 356 g/mol. The molecule has 3 aromatic rings. The minimum absolute atomic E-state index is 0.109. The van der Waals surface area contributed by atoms with Crippen LogP contribution in [0.25, 0.3) is 11.0 Å². The number of aromatic nitrogens is 2. The summed E-state index contributed by atoms with van der Waals surface area (Å²) in [4.78, 5) is 6.57. The van der Waals surface area contributed by atoms with Crippen molar-refractivity contribution in [3.05, 3.63) is 70.7 Å². The molecule has 0 spiro atoms. The molecule has 0 saturated carbocycles. The molecule has 1 aromatic heterocycles. The molecule has 0 atom stereocenters. The van der Waals surface area contributed by atoms with Gasteiger partial charge in [-0.25, -0.2) is 4.98 Å². The molecule has 3 rings (SSSR count). The summed E-state index contributed by atoms with van der Waals surface area (Å²) < 4.78 is 25.1. The summed E-state index contributed by atoms with van der Waals surface area (Å²) in [6, 6.07) is 13.3. The second kappa shape index (κ2) is 6.48. The number of sulfonamides is 1. The summed E-state index contributed by atoms with van der Waals surface area (Å²) >= 11 is 0. The van der Waals surface area contributed by atoms with Gasteiger partial charge in [-0.15, -0.1) is 0 Å². The number of aryl methyl sites for hydroxylation is 1. The average Bonchev–Trinajstić information content (AvgIpc) is 2.59. The van der Waals surface area contributed by atoms with Crippen LogP contribution in [0.1, 0.15) is 17.0 Å². The molecule has 0 unspecified atom stereocenters. The van der Waals surface area contributed by atoms with Crippen molar-refractivity contribution in [2.24, 2.45) is 5.10 Å². The Balaban J connectivity index is 1.88. The third-order valence-corrected chi connectivity index (χ3v) is 4.95. The maximum absolute atomic E-state index is 12.2. The van der Waals surface area contributed by atoms with Crippen molar-refractivity contribution < 1.29 is 13.1 Å². The maximum Gasteiger partial charge on any atom is 0.276 e.